The van der Waals surface area contributed by atoms with E-state index in [-0.39, 0.29) is 5.56 Å². The van der Waals surface area contributed by atoms with Crippen LogP contribution in [-0.2, 0) is 6.61 Å². The van der Waals surface area contributed by atoms with Crippen molar-refractivity contribution in [1.82, 2.24) is 0 Å². The number of ether oxygens (including phenoxy) is 1. The van der Waals surface area contributed by atoms with Crippen LogP contribution in [0.15, 0.2) is 78.9 Å². The zero-order valence-electron chi connectivity index (χ0n) is 12.4. The number of aromatic carboxylic acids is 1. The number of carboxylic acids is 1. The second kappa shape index (κ2) is 6.79. The highest BCUT2D eigenvalue weighted by molar-refractivity contribution is 5.86. The summed E-state index contributed by atoms with van der Waals surface area (Å²) in [6.45, 7) is 0.528. The van der Waals surface area contributed by atoms with Crippen LogP contribution in [0.2, 0.25) is 0 Å². The maximum atomic E-state index is 10.8. The molecule has 0 unspecified atom stereocenters. The molecule has 0 fully saturated rings. The number of carboxylic acid groups (broad SMARTS) is 1. The summed E-state index contributed by atoms with van der Waals surface area (Å²) in [6.07, 6.45) is 0. The largest absolute Gasteiger partial charge is 0.545 e. The number of hydrogen-bond donors (Lipinski definition) is 0. The number of carbonyl (C=O) groups excluding carboxylic acids is 1. The zero-order valence-corrected chi connectivity index (χ0v) is 12.4. The lowest BCUT2D eigenvalue weighted by molar-refractivity contribution is -0.255. The van der Waals surface area contributed by atoms with E-state index in [9.17, 15) is 9.90 Å². The molecule has 0 atom stereocenters. The topological polar surface area (TPSA) is 49.4 Å². The van der Waals surface area contributed by atoms with Crippen molar-refractivity contribution in [3.05, 3.63) is 90.0 Å². The minimum absolute atomic E-state index is 0.177. The van der Waals surface area contributed by atoms with Gasteiger partial charge < -0.3 is 14.6 Å². The second-order valence-electron chi connectivity index (χ2n) is 5.16. The Morgan fingerprint density at radius 1 is 0.783 bits per heavy atom. The van der Waals surface area contributed by atoms with Gasteiger partial charge in [-0.3, -0.25) is 0 Å². The molecule has 3 heteroatoms. The van der Waals surface area contributed by atoms with Gasteiger partial charge in [0.1, 0.15) is 12.4 Å². The van der Waals surface area contributed by atoms with Crippen LogP contribution in [0.5, 0.6) is 5.75 Å². The molecule has 3 aromatic carbocycles. The van der Waals surface area contributed by atoms with E-state index in [1.807, 2.05) is 54.6 Å². The van der Waals surface area contributed by atoms with Gasteiger partial charge in [0.15, 0.2) is 0 Å². The van der Waals surface area contributed by atoms with Gasteiger partial charge in [0, 0.05) is 0 Å². The summed E-state index contributed by atoms with van der Waals surface area (Å²) in [4.78, 5) is 10.8. The first kappa shape index (κ1) is 14.9. The van der Waals surface area contributed by atoms with Crippen molar-refractivity contribution in [2.45, 2.75) is 6.61 Å². The summed E-state index contributed by atoms with van der Waals surface area (Å²) in [5.41, 5.74) is 3.25. The molecule has 3 rings (SSSR count). The minimum Gasteiger partial charge on any atom is -0.545 e. The van der Waals surface area contributed by atoms with Crippen molar-refractivity contribution in [3.8, 4) is 16.9 Å². The smallest absolute Gasteiger partial charge is 0.119 e. The van der Waals surface area contributed by atoms with Gasteiger partial charge in [-0.15, -0.1) is 0 Å². The molecule has 0 bridgehead atoms. The fraction of sp³-hybridized carbons (Fsp3) is 0.0500. The van der Waals surface area contributed by atoms with Crippen LogP contribution in [0, 0.1) is 0 Å². The predicted octanol–water partition coefficient (Wildman–Crippen LogP) is 3.30. The maximum absolute atomic E-state index is 10.8. The molecule has 0 aromatic heterocycles. The highest BCUT2D eigenvalue weighted by Gasteiger charge is 2.00. The molecule has 0 saturated heterocycles. The van der Waals surface area contributed by atoms with Crippen LogP contribution < -0.4 is 9.84 Å². The van der Waals surface area contributed by atoms with Gasteiger partial charge in [-0.25, -0.2) is 0 Å². The van der Waals surface area contributed by atoms with Crippen LogP contribution in [0.25, 0.3) is 11.1 Å². The van der Waals surface area contributed by atoms with Gasteiger partial charge in [0.25, 0.3) is 0 Å². The highest BCUT2D eigenvalue weighted by Crippen LogP contribution is 2.23. The minimum atomic E-state index is -1.17. The Balaban J connectivity index is 1.68. The third-order valence-electron chi connectivity index (χ3n) is 3.56. The molecule has 0 amide bonds. The van der Waals surface area contributed by atoms with Crippen molar-refractivity contribution >= 4 is 5.97 Å². The first-order chi connectivity index (χ1) is 11.2. The van der Waals surface area contributed by atoms with E-state index in [0.717, 1.165) is 22.4 Å². The van der Waals surface area contributed by atoms with Crippen LogP contribution in [0.4, 0.5) is 0 Å². The molecule has 0 N–H and O–H groups in total. The summed E-state index contributed by atoms with van der Waals surface area (Å²) < 4.78 is 5.75. The van der Waals surface area contributed by atoms with E-state index in [1.54, 1.807) is 24.3 Å². The van der Waals surface area contributed by atoms with E-state index < -0.39 is 5.97 Å². The Morgan fingerprint density at radius 3 is 1.91 bits per heavy atom. The molecule has 3 aromatic rings. The molecular weight excluding hydrogens is 288 g/mol. The Labute approximate surface area is 134 Å². The monoisotopic (exact) mass is 303 g/mol. The normalized spacial score (nSPS) is 10.3. The van der Waals surface area contributed by atoms with Crippen LogP contribution >= 0.6 is 0 Å². The van der Waals surface area contributed by atoms with Crippen molar-refractivity contribution in [3.63, 3.8) is 0 Å². The van der Waals surface area contributed by atoms with Gasteiger partial charge in [0.2, 0.25) is 0 Å². The molecule has 0 saturated carbocycles. The molecule has 0 aliphatic heterocycles. The maximum Gasteiger partial charge on any atom is 0.119 e. The number of rotatable bonds is 5. The molecule has 0 radical (unpaired) electrons. The first-order valence-corrected chi connectivity index (χ1v) is 7.31. The Bertz CT molecular complexity index is 775. The Kier molecular flexibility index (Phi) is 4.39. The first-order valence-electron chi connectivity index (χ1n) is 7.31. The van der Waals surface area contributed by atoms with Crippen molar-refractivity contribution < 1.29 is 14.6 Å². The lowest BCUT2D eigenvalue weighted by Crippen LogP contribution is -2.21. The lowest BCUT2D eigenvalue weighted by Gasteiger charge is -2.08. The zero-order chi connectivity index (χ0) is 16.1. The van der Waals surface area contributed by atoms with Gasteiger partial charge in [-0.1, -0.05) is 66.7 Å². The molecule has 114 valence electrons. The summed E-state index contributed by atoms with van der Waals surface area (Å²) in [6, 6.07) is 24.3. The molecule has 0 aliphatic carbocycles. The molecule has 0 spiro atoms. The van der Waals surface area contributed by atoms with Crippen LogP contribution in [-0.4, -0.2) is 5.97 Å². The van der Waals surface area contributed by atoms with E-state index >= 15 is 0 Å². The van der Waals surface area contributed by atoms with Crippen molar-refractivity contribution in [2.75, 3.05) is 0 Å². The average molecular weight is 303 g/mol. The fourth-order valence-electron chi connectivity index (χ4n) is 2.28. The fourth-order valence-corrected chi connectivity index (χ4v) is 2.28. The summed E-state index contributed by atoms with van der Waals surface area (Å²) in [5.74, 6) is -0.370. The lowest BCUT2D eigenvalue weighted by atomic mass is 10.0. The van der Waals surface area contributed by atoms with Gasteiger partial charge in [-0.05, 0) is 34.4 Å². The van der Waals surface area contributed by atoms with E-state index in [4.69, 9.17) is 4.74 Å². The van der Waals surface area contributed by atoms with Crippen molar-refractivity contribution in [2.24, 2.45) is 0 Å². The summed E-state index contributed by atoms with van der Waals surface area (Å²) in [5, 5.41) is 10.8. The van der Waals surface area contributed by atoms with Crippen molar-refractivity contribution in [1.29, 1.82) is 0 Å². The van der Waals surface area contributed by atoms with Gasteiger partial charge in [-0.2, -0.15) is 0 Å². The predicted molar refractivity (Wildman–Crippen MR) is 87.0 cm³/mol. The SMILES string of the molecule is O=C([O-])c1ccc(-c2ccc(OCc3ccccc3)cc2)cc1. The summed E-state index contributed by atoms with van der Waals surface area (Å²) in [7, 11) is 0. The highest BCUT2D eigenvalue weighted by atomic mass is 16.5. The van der Waals surface area contributed by atoms with Crippen LogP contribution in [0.1, 0.15) is 15.9 Å². The van der Waals surface area contributed by atoms with E-state index in [1.165, 1.54) is 0 Å². The molecule has 0 heterocycles. The van der Waals surface area contributed by atoms with Gasteiger partial charge in [0.05, 0.1) is 5.97 Å². The number of benzene rings is 3. The third kappa shape index (κ3) is 3.77. The molecule has 23 heavy (non-hydrogen) atoms. The standard InChI is InChI=1S/C20H16O3/c21-20(22)18-8-6-16(7-9-18)17-10-12-19(13-11-17)23-14-15-4-2-1-3-5-15/h1-13H,14H2,(H,21,22)/p-1. The quantitative estimate of drug-likeness (QED) is 0.726. The van der Waals surface area contributed by atoms with Crippen LogP contribution in [0.3, 0.4) is 0 Å². The Morgan fingerprint density at radius 2 is 1.35 bits per heavy atom. The molecular formula is C20H15O3-. The van der Waals surface area contributed by atoms with E-state index in [0.29, 0.717) is 6.61 Å². The summed E-state index contributed by atoms with van der Waals surface area (Å²) >= 11 is 0. The number of hydrogen-bond acceptors (Lipinski definition) is 3. The second-order valence-corrected chi connectivity index (χ2v) is 5.16. The molecule has 0 aliphatic rings. The third-order valence-corrected chi connectivity index (χ3v) is 3.56. The van der Waals surface area contributed by atoms with Gasteiger partial charge >= 0.3 is 0 Å². The average Bonchev–Trinajstić information content (AvgIpc) is 2.61. The van der Waals surface area contributed by atoms with E-state index in [2.05, 4.69) is 0 Å². The number of carbonyl (C=O) groups is 1. The molecule has 3 nitrogen and oxygen atoms in total. The Hall–Kier alpha value is -3.07.